The molecule has 0 N–H and O–H groups in total. The molecule has 0 aliphatic heterocycles. The Morgan fingerprint density at radius 1 is 1.56 bits per heavy atom. The third-order valence-corrected chi connectivity index (χ3v) is 2.61. The van der Waals surface area contributed by atoms with E-state index in [1.807, 2.05) is 4.90 Å². The van der Waals surface area contributed by atoms with Gasteiger partial charge < -0.3 is 9.64 Å². The molecule has 0 aliphatic rings. The van der Waals surface area contributed by atoms with Crippen LogP contribution in [0.5, 0.6) is 0 Å². The van der Waals surface area contributed by atoms with Gasteiger partial charge in [0.25, 0.3) is 0 Å². The van der Waals surface area contributed by atoms with Crippen molar-refractivity contribution in [3.63, 3.8) is 0 Å². The predicted octanol–water partition coefficient (Wildman–Crippen LogP) is 2.67. The summed E-state index contributed by atoms with van der Waals surface area (Å²) in [5, 5.41) is 0. The van der Waals surface area contributed by atoms with Gasteiger partial charge in [-0.05, 0) is 25.1 Å². The van der Waals surface area contributed by atoms with Gasteiger partial charge in [-0.15, -0.1) is 6.58 Å². The Morgan fingerprint density at radius 3 is 2.78 bits per heavy atom. The number of ketones is 1. The molecular formula is C14H18FNO2. The zero-order valence-electron chi connectivity index (χ0n) is 10.8. The average Bonchev–Trinajstić information content (AvgIpc) is 2.34. The van der Waals surface area contributed by atoms with E-state index in [0.717, 1.165) is 0 Å². The third-order valence-electron chi connectivity index (χ3n) is 2.61. The second kappa shape index (κ2) is 6.91. The van der Waals surface area contributed by atoms with Gasteiger partial charge in [-0.25, -0.2) is 4.39 Å². The summed E-state index contributed by atoms with van der Waals surface area (Å²) in [6, 6.07) is 4.51. The molecule has 0 saturated heterocycles. The van der Waals surface area contributed by atoms with E-state index in [-0.39, 0.29) is 5.78 Å². The minimum atomic E-state index is -0.402. The molecule has 0 amide bonds. The predicted molar refractivity (Wildman–Crippen MR) is 70.7 cm³/mol. The summed E-state index contributed by atoms with van der Waals surface area (Å²) in [7, 11) is 1.60. The Bertz CT molecular complexity index is 432. The number of halogens is 1. The number of carbonyl (C=O) groups excluding carboxylic acids is 1. The largest absolute Gasteiger partial charge is 0.383 e. The van der Waals surface area contributed by atoms with Gasteiger partial charge in [0.15, 0.2) is 5.78 Å². The van der Waals surface area contributed by atoms with E-state index in [4.69, 9.17) is 4.74 Å². The summed E-state index contributed by atoms with van der Waals surface area (Å²) in [6.45, 7) is 6.67. The van der Waals surface area contributed by atoms with Gasteiger partial charge in [0.05, 0.1) is 12.3 Å². The van der Waals surface area contributed by atoms with Gasteiger partial charge in [0.1, 0.15) is 5.82 Å². The quantitative estimate of drug-likeness (QED) is 0.551. The van der Waals surface area contributed by atoms with Gasteiger partial charge in [-0.2, -0.15) is 0 Å². The van der Waals surface area contributed by atoms with Gasteiger partial charge in [0.2, 0.25) is 0 Å². The Balaban J connectivity index is 2.97. The molecule has 0 aliphatic carbocycles. The first-order valence-corrected chi connectivity index (χ1v) is 5.75. The summed E-state index contributed by atoms with van der Waals surface area (Å²) < 4.78 is 18.9. The van der Waals surface area contributed by atoms with Crippen LogP contribution in [0.4, 0.5) is 10.1 Å². The van der Waals surface area contributed by atoms with Crippen LogP contribution in [0.25, 0.3) is 0 Å². The molecule has 0 unspecified atom stereocenters. The number of hydrogen-bond donors (Lipinski definition) is 0. The summed E-state index contributed by atoms with van der Waals surface area (Å²) in [5.41, 5.74) is 0.832. The number of anilines is 1. The molecular weight excluding hydrogens is 233 g/mol. The number of methoxy groups -OCH3 is 1. The monoisotopic (exact) mass is 251 g/mol. The van der Waals surface area contributed by atoms with Crippen LogP contribution in [-0.4, -0.2) is 32.6 Å². The van der Waals surface area contributed by atoms with Crippen LogP contribution in [0.2, 0.25) is 0 Å². The highest BCUT2D eigenvalue weighted by Gasteiger charge is 2.12. The molecule has 98 valence electrons. The second-order valence-electron chi connectivity index (χ2n) is 3.95. The van der Waals surface area contributed by atoms with E-state index in [1.54, 1.807) is 25.3 Å². The minimum absolute atomic E-state index is 0.146. The van der Waals surface area contributed by atoms with Gasteiger partial charge in [-0.1, -0.05) is 6.08 Å². The lowest BCUT2D eigenvalue weighted by Crippen LogP contribution is -2.28. The molecule has 0 saturated carbocycles. The molecule has 0 fully saturated rings. The fourth-order valence-electron chi connectivity index (χ4n) is 1.65. The summed E-state index contributed by atoms with van der Waals surface area (Å²) in [5.74, 6) is -0.548. The SMILES string of the molecule is C=CCN(CCOC)c1ccc(C(C)=O)cc1F. The van der Waals surface area contributed by atoms with Crippen LogP contribution in [0.3, 0.4) is 0 Å². The number of rotatable bonds is 7. The number of hydrogen-bond acceptors (Lipinski definition) is 3. The van der Waals surface area contributed by atoms with Crippen molar-refractivity contribution in [1.82, 2.24) is 0 Å². The highest BCUT2D eigenvalue weighted by atomic mass is 19.1. The molecule has 4 heteroatoms. The average molecular weight is 251 g/mol. The van der Waals surface area contributed by atoms with E-state index < -0.39 is 5.82 Å². The number of ether oxygens (including phenoxy) is 1. The molecule has 0 radical (unpaired) electrons. The van der Waals surface area contributed by atoms with Crippen LogP contribution in [0.1, 0.15) is 17.3 Å². The molecule has 0 spiro atoms. The van der Waals surface area contributed by atoms with Crippen molar-refractivity contribution in [3.05, 3.63) is 42.2 Å². The molecule has 0 heterocycles. The zero-order chi connectivity index (χ0) is 13.5. The Hall–Kier alpha value is -1.68. The summed E-state index contributed by atoms with van der Waals surface area (Å²) in [4.78, 5) is 13.0. The smallest absolute Gasteiger partial charge is 0.159 e. The second-order valence-corrected chi connectivity index (χ2v) is 3.95. The number of Topliss-reactive ketones (excluding diaryl/α,β-unsaturated/α-hetero) is 1. The molecule has 1 aromatic carbocycles. The van der Waals surface area contributed by atoms with Crippen molar-refractivity contribution in [1.29, 1.82) is 0 Å². The van der Waals surface area contributed by atoms with Crippen molar-refractivity contribution in [2.45, 2.75) is 6.92 Å². The van der Waals surface area contributed by atoms with Crippen molar-refractivity contribution in [2.75, 3.05) is 31.7 Å². The summed E-state index contributed by atoms with van der Waals surface area (Å²) >= 11 is 0. The highest BCUT2D eigenvalue weighted by molar-refractivity contribution is 5.94. The van der Waals surface area contributed by atoms with E-state index in [9.17, 15) is 9.18 Å². The Labute approximate surface area is 107 Å². The maximum absolute atomic E-state index is 13.9. The maximum Gasteiger partial charge on any atom is 0.159 e. The topological polar surface area (TPSA) is 29.5 Å². The normalized spacial score (nSPS) is 10.2. The van der Waals surface area contributed by atoms with Crippen LogP contribution < -0.4 is 4.90 Å². The van der Waals surface area contributed by atoms with E-state index in [1.165, 1.54) is 13.0 Å². The van der Waals surface area contributed by atoms with Crippen LogP contribution >= 0.6 is 0 Å². The van der Waals surface area contributed by atoms with Crippen molar-refractivity contribution < 1.29 is 13.9 Å². The van der Waals surface area contributed by atoms with Gasteiger partial charge in [-0.3, -0.25) is 4.79 Å². The molecule has 0 atom stereocenters. The van der Waals surface area contributed by atoms with Crippen molar-refractivity contribution >= 4 is 11.5 Å². The molecule has 1 rings (SSSR count). The number of benzene rings is 1. The Morgan fingerprint density at radius 2 is 2.28 bits per heavy atom. The van der Waals surface area contributed by atoms with Gasteiger partial charge >= 0.3 is 0 Å². The molecule has 3 nitrogen and oxygen atoms in total. The first kappa shape index (κ1) is 14.4. The zero-order valence-corrected chi connectivity index (χ0v) is 10.8. The van der Waals surface area contributed by atoms with E-state index in [2.05, 4.69) is 6.58 Å². The van der Waals surface area contributed by atoms with Crippen molar-refractivity contribution in [3.8, 4) is 0 Å². The number of carbonyl (C=O) groups is 1. The molecule has 0 aromatic heterocycles. The number of nitrogens with zero attached hydrogens (tertiary/aromatic N) is 1. The Kier molecular flexibility index (Phi) is 5.52. The third kappa shape index (κ3) is 3.67. The maximum atomic E-state index is 13.9. The van der Waals surface area contributed by atoms with E-state index in [0.29, 0.717) is 30.9 Å². The molecule has 18 heavy (non-hydrogen) atoms. The van der Waals surface area contributed by atoms with Gasteiger partial charge in [0, 0.05) is 25.8 Å². The molecule has 1 aromatic rings. The van der Waals surface area contributed by atoms with Crippen LogP contribution in [0.15, 0.2) is 30.9 Å². The first-order valence-electron chi connectivity index (χ1n) is 5.75. The highest BCUT2D eigenvalue weighted by Crippen LogP contribution is 2.20. The van der Waals surface area contributed by atoms with E-state index >= 15 is 0 Å². The van der Waals surface area contributed by atoms with Crippen molar-refractivity contribution in [2.24, 2.45) is 0 Å². The summed E-state index contributed by atoms with van der Waals surface area (Å²) in [6.07, 6.45) is 1.70. The van der Waals surface area contributed by atoms with Crippen LogP contribution in [-0.2, 0) is 4.74 Å². The lowest BCUT2D eigenvalue weighted by molar-refractivity contribution is 0.101. The fraction of sp³-hybridized carbons (Fsp3) is 0.357. The standard InChI is InChI=1S/C14H18FNO2/c1-4-7-16(8-9-18-3)14-6-5-12(11(2)17)10-13(14)15/h4-6,10H,1,7-9H2,2-3H3. The lowest BCUT2D eigenvalue weighted by Gasteiger charge is -2.23. The molecule has 0 bridgehead atoms. The first-order chi connectivity index (χ1) is 8.60. The fourth-order valence-corrected chi connectivity index (χ4v) is 1.65. The van der Waals surface area contributed by atoms with Crippen LogP contribution in [0, 0.1) is 5.82 Å². The minimum Gasteiger partial charge on any atom is -0.383 e. The lowest BCUT2D eigenvalue weighted by atomic mass is 10.1.